The van der Waals surface area contributed by atoms with Crippen LogP contribution in [0.4, 0.5) is 11.4 Å². The molecule has 0 radical (unpaired) electrons. The largest absolute Gasteiger partial charge is 0.380 e. The molecular weight excluding hydrogens is 412 g/mol. The highest BCUT2D eigenvalue weighted by atomic mass is 32.2. The summed E-state index contributed by atoms with van der Waals surface area (Å²) in [6, 6.07) is 15.0. The highest BCUT2D eigenvalue weighted by Crippen LogP contribution is 2.31. The van der Waals surface area contributed by atoms with Gasteiger partial charge in [0.15, 0.2) is 0 Å². The molecule has 3 aromatic rings. The zero-order valence-electron chi connectivity index (χ0n) is 17.7. The van der Waals surface area contributed by atoms with Crippen LogP contribution in [0.5, 0.6) is 0 Å². The first kappa shape index (κ1) is 20.4. The van der Waals surface area contributed by atoms with E-state index in [1.165, 1.54) is 3.97 Å². The van der Waals surface area contributed by atoms with Crippen LogP contribution in [0.1, 0.15) is 6.42 Å². The zero-order chi connectivity index (χ0) is 21.4. The number of aromatic nitrogens is 1. The molecule has 2 aliphatic heterocycles. The van der Waals surface area contributed by atoms with Gasteiger partial charge in [-0.2, -0.15) is 0 Å². The maximum Gasteiger partial charge on any atom is 0.268 e. The van der Waals surface area contributed by atoms with Crippen molar-refractivity contribution in [3.8, 4) is 0 Å². The first-order valence-electron chi connectivity index (χ1n) is 10.8. The van der Waals surface area contributed by atoms with Crippen LogP contribution in [-0.4, -0.2) is 64.9 Å². The van der Waals surface area contributed by atoms with Gasteiger partial charge in [0.2, 0.25) is 0 Å². The van der Waals surface area contributed by atoms with Crippen LogP contribution < -0.4 is 15.1 Å². The van der Waals surface area contributed by atoms with E-state index in [2.05, 4.69) is 21.2 Å². The summed E-state index contributed by atoms with van der Waals surface area (Å²) in [6.07, 6.45) is 2.82. The van der Waals surface area contributed by atoms with E-state index in [9.17, 15) is 8.42 Å². The topological polar surface area (TPSA) is 66.8 Å². The number of methoxy groups -OCH3 is 1. The summed E-state index contributed by atoms with van der Waals surface area (Å²) in [5, 5.41) is 4.33. The van der Waals surface area contributed by atoms with E-state index in [0.717, 1.165) is 62.5 Å². The number of nitrogens with one attached hydrogen (secondary N) is 1. The van der Waals surface area contributed by atoms with E-state index in [1.54, 1.807) is 25.4 Å². The number of nitrogens with zero attached hydrogens (tertiary/aromatic N) is 3. The van der Waals surface area contributed by atoms with Gasteiger partial charge < -0.3 is 19.9 Å². The van der Waals surface area contributed by atoms with Crippen molar-refractivity contribution in [2.75, 3.05) is 56.2 Å². The Morgan fingerprint density at radius 3 is 2.58 bits per heavy atom. The fourth-order valence-electron chi connectivity index (χ4n) is 4.63. The van der Waals surface area contributed by atoms with E-state index >= 15 is 0 Å². The fourth-order valence-corrected chi connectivity index (χ4v) is 6.01. The average molecular weight is 441 g/mol. The number of fused-ring (bicyclic) bond motifs is 1. The molecule has 1 aromatic heterocycles. The summed E-state index contributed by atoms with van der Waals surface area (Å²) in [4.78, 5) is 4.80. The first-order valence-corrected chi connectivity index (χ1v) is 12.2. The SMILES string of the molecule is COC1CCN(c2cccc(S(=O)(=O)n3ccc4c(N5CCNCC5)cccc43)c2)C1. The van der Waals surface area contributed by atoms with Crippen LogP contribution in [0.15, 0.2) is 59.6 Å². The van der Waals surface area contributed by atoms with Gasteiger partial charge in [0, 0.05) is 69.3 Å². The molecule has 1 N–H and O–H groups in total. The van der Waals surface area contributed by atoms with Gasteiger partial charge in [-0.25, -0.2) is 12.4 Å². The van der Waals surface area contributed by atoms with Gasteiger partial charge in [-0.15, -0.1) is 0 Å². The fraction of sp³-hybridized carbons (Fsp3) is 0.391. The van der Waals surface area contributed by atoms with Gasteiger partial charge in [0.05, 0.1) is 16.5 Å². The average Bonchev–Trinajstić information content (AvgIpc) is 3.47. The molecule has 8 heteroatoms. The van der Waals surface area contributed by atoms with Crippen molar-refractivity contribution in [3.63, 3.8) is 0 Å². The van der Waals surface area contributed by atoms with Gasteiger partial charge in [-0.1, -0.05) is 12.1 Å². The Labute approximate surface area is 183 Å². The first-order chi connectivity index (χ1) is 15.1. The van der Waals surface area contributed by atoms with E-state index < -0.39 is 10.0 Å². The van der Waals surface area contributed by atoms with Crippen molar-refractivity contribution in [2.24, 2.45) is 0 Å². The monoisotopic (exact) mass is 440 g/mol. The minimum Gasteiger partial charge on any atom is -0.380 e. The standard InChI is InChI=1S/C23H28N4O3S/c1-30-19-8-12-26(17-19)18-4-2-5-20(16-18)31(28,29)27-13-9-21-22(6-3-7-23(21)27)25-14-10-24-11-15-25/h2-7,9,13,16,19,24H,8,10-12,14-15,17H2,1H3. The van der Waals surface area contributed by atoms with Crippen molar-refractivity contribution in [2.45, 2.75) is 17.4 Å². The van der Waals surface area contributed by atoms with Crippen molar-refractivity contribution in [1.29, 1.82) is 0 Å². The molecule has 3 heterocycles. The predicted molar refractivity (Wildman–Crippen MR) is 124 cm³/mol. The minimum absolute atomic E-state index is 0.192. The molecule has 2 saturated heterocycles. The predicted octanol–water partition coefficient (Wildman–Crippen LogP) is 2.51. The second-order valence-electron chi connectivity index (χ2n) is 8.15. The summed E-state index contributed by atoms with van der Waals surface area (Å²) >= 11 is 0. The number of rotatable bonds is 5. The quantitative estimate of drug-likeness (QED) is 0.658. The van der Waals surface area contributed by atoms with Gasteiger partial charge in [0.1, 0.15) is 0 Å². The zero-order valence-corrected chi connectivity index (χ0v) is 18.5. The van der Waals surface area contributed by atoms with Crippen LogP contribution >= 0.6 is 0 Å². The lowest BCUT2D eigenvalue weighted by molar-refractivity contribution is 0.121. The molecule has 0 amide bonds. The minimum atomic E-state index is -3.71. The maximum atomic E-state index is 13.6. The normalized spacial score (nSPS) is 20.0. The summed E-state index contributed by atoms with van der Waals surface area (Å²) in [7, 11) is -1.99. The van der Waals surface area contributed by atoms with Crippen molar-refractivity contribution >= 4 is 32.3 Å². The Kier molecular flexibility index (Phi) is 5.37. The molecule has 7 nitrogen and oxygen atoms in total. The summed E-state index contributed by atoms with van der Waals surface area (Å²) in [5.41, 5.74) is 2.71. The van der Waals surface area contributed by atoms with Crippen molar-refractivity contribution in [3.05, 3.63) is 54.7 Å². The van der Waals surface area contributed by atoms with Gasteiger partial charge in [-0.05, 0) is 42.8 Å². The Morgan fingerprint density at radius 1 is 1.00 bits per heavy atom. The smallest absolute Gasteiger partial charge is 0.268 e. The molecule has 0 aliphatic carbocycles. The molecule has 164 valence electrons. The van der Waals surface area contributed by atoms with Crippen LogP contribution in [-0.2, 0) is 14.8 Å². The maximum absolute atomic E-state index is 13.6. The summed E-state index contributed by atoms with van der Waals surface area (Å²) in [5.74, 6) is 0. The number of anilines is 2. The molecule has 2 aliphatic rings. The number of hydrogen-bond donors (Lipinski definition) is 1. The molecule has 1 atom stereocenters. The van der Waals surface area contributed by atoms with Crippen LogP contribution in [0.25, 0.3) is 10.9 Å². The number of piperazine rings is 1. The Hall–Kier alpha value is -2.55. The Balaban J connectivity index is 1.51. The Morgan fingerprint density at radius 2 is 1.81 bits per heavy atom. The third-order valence-corrected chi connectivity index (χ3v) is 8.04. The molecule has 2 aromatic carbocycles. The molecule has 0 spiro atoms. The van der Waals surface area contributed by atoms with E-state index in [-0.39, 0.29) is 6.10 Å². The van der Waals surface area contributed by atoms with Crippen molar-refractivity contribution < 1.29 is 13.2 Å². The highest BCUT2D eigenvalue weighted by Gasteiger charge is 2.25. The van der Waals surface area contributed by atoms with Crippen molar-refractivity contribution in [1.82, 2.24) is 9.29 Å². The molecule has 31 heavy (non-hydrogen) atoms. The molecule has 5 rings (SSSR count). The molecular formula is C23H28N4O3S. The van der Waals surface area contributed by atoms with Crippen LogP contribution in [0, 0.1) is 0 Å². The third-order valence-electron chi connectivity index (χ3n) is 6.35. The van der Waals surface area contributed by atoms with Gasteiger partial charge in [-0.3, -0.25) is 0 Å². The van der Waals surface area contributed by atoms with Crippen LogP contribution in [0.2, 0.25) is 0 Å². The molecule has 0 saturated carbocycles. The molecule has 1 unspecified atom stereocenters. The Bertz CT molecular complexity index is 1180. The lowest BCUT2D eigenvalue weighted by Gasteiger charge is -2.30. The molecule has 2 fully saturated rings. The lowest BCUT2D eigenvalue weighted by Crippen LogP contribution is -2.43. The summed E-state index contributed by atoms with van der Waals surface area (Å²) < 4.78 is 34.0. The van der Waals surface area contributed by atoms with Crippen LogP contribution in [0.3, 0.4) is 0 Å². The molecule has 0 bridgehead atoms. The van der Waals surface area contributed by atoms with E-state index in [1.807, 2.05) is 30.3 Å². The third kappa shape index (κ3) is 3.69. The number of hydrogen-bond acceptors (Lipinski definition) is 6. The number of benzene rings is 2. The van der Waals surface area contributed by atoms with Gasteiger partial charge >= 0.3 is 0 Å². The lowest BCUT2D eigenvalue weighted by atomic mass is 10.2. The van der Waals surface area contributed by atoms with E-state index in [4.69, 9.17) is 4.74 Å². The second-order valence-corrected chi connectivity index (χ2v) is 9.97. The summed E-state index contributed by atoms with van der Waals surface area (Å²) in [6.45, 7) is 5.34. The second kappa shape index (κ2) is 8.18. The number of ether oxygens (including phenoxy) is 1. The highest BCUT2D eigenvalue weighted by molar-refractivity contribution is 7.90. The van der Waals surface area contributed by atoms with E-state index in [0.29, 0.717) is 10.4 Å². The van der Waals surface area contributed by atoms with Gasteiger partial charge in [0.25, 0.3) is 10.0 Å².